The van der Waals surface area contributed by atoms with Crippen LogP contribution in [0.25, 0.3) is 0 Å². The van der Waals surface area contributed by atoms with Crippen LogP contribution in [0.5, 0.6) is 0 Å². The lowest BCUT2D eigenvalue weighted by Crippen LogP contribution is -1.99. The second kappa shape index (κ2) is 3.46. The number of hydrogen-bond acceptors (Lipinski definition) is 2. The van der Waals surface area contributed by atoms with Gasteiger partial charge in [0.25, 0.3) is 0 Å². The van der Waals surface area contributed by atoms with E-state index < -0.39 is 0 Å². The maximum Gasteiger partial charge on any atom is 0.0807 e. The van der Waals surface area contributed by atoms with Crippen molar-refractivity contribution in [2.75, 3.05) is 0 Å². The van der Waals surface area contributed by atoms with Gasteiger partial charge in [0.05, 0.1) is 6.10 Å². The summed E-state index contributed by atoms with van der Waals surface area (Å²) in [4.78, 5) is 4.17. The van der Waals surface area contributed by atoms with Crippen molar-refractivity contribution in [3.8, 4) is 0 Å². The van der Waals surface area contributed by atoms with Gasteiger partial charge in [0.2, 0.25) is 0 Å². The molecule has 0 amide bonds. The Balaban J connectivity index is 2.01. The molecule has 0 bridgehead atoms. The molecular weight excluding hydrogens is 162 g/mol. The maximum atomic E-state index is 9.78. The average molecular weight is 177 g/mol. The summed E-state index contributed by atoms with van der Waals surface area (Å²) in [6, 6.07) is 3.92. The number of aliphatic hydroxyl groups is 1. The van der Waals surface area contributed by atoms with E-state index in [1.165, 1.54) is 12.8 Å². The van der Waals surface area contributed by atoms with Crippen LogP contribution in [0.3, 0.4) is 0 Å². The molecule has 1 aromatic heterocycles. The number of nitrogens with zero attached hydrogens (tertiary/aromatic N) is 1. The molecule has 1 atom stereocenters. The van der Waals surface area contributed by atoms with Crippen molar-refractivity contribution in [1.29, 1.82) is 0 Å². The standard InChI is InChI=1S/C11H15NO/c1-8-2-5-10(7-12-8)11(13)6-9-3-4-9/h2,5,7,9,11,13H,3-4,6H2,1H3. The van der Waals surface area contributed by atoms with E-state index in [4.69, 9.17) is 0 Å². The molecule has 1 aromatic rings. The van der Waals surface area contributed by atoms with E-state index in [1.807, 2.05) is 19.1 Å². The Hall–Kier alpha value is -0.890. The van der Waals surface area contributed by atoms with Crippen LogP contribution < -0.4 is 0 Å². The lowest BCUT2D eigenvalue weighted by atomic mass is 10.1. The third-order valence-electron chi connectivity index (χ3n) is 2.57. The zero-order valence-corrected chi connectivity index (χ0v) is 7.90. The first-order valence-corrected chi connectivity index (χ1v) is 4.86. The molecule has 0 saturated heterocycles. The summed E-state index contributed by atoms with van der Waals surface area (Å²) in [6.45, 7) is 1.96. The van der Waals surface area contributed by atoms with Gasteiger partial charge in [0.1, 0.15) is 0 Å². The summed E-state index contributed by atoms with van der Waals surface area (Å²) in [5.74, 6) is 0.760. The molecule has 1 fully saturated rings. The van der Waals surface area contributed by atoms with Gasteiger partial charge < -0.3 is 5.11 Å². The highest BCUT2D eigenvalue weighted by molar-refractivity contribution is 5.15. The first-order valence-electron chi connectivity index (χ1n) is 4.86. The van der Waals surface area contributed by atoms with Crippen LogP contribution in [0.1, 0.15) is 36.6 Å². The second-order valence-electron chi connectivity index (χ2n) is 3.93. The zero-order chi connectivity index (χ0) is 9.26. The molecule has 1 saturated carbocycles. The van der Waals surface area contributed by atoms with Gasteiger partial charge in [0.15, 0.2) is 0 Å². The number of hydrogen-bond donors (Lipinski definition) is 1. The zero-order valence-electron chi connectivity index (χ0n) is 7.90. The van der Waals surface area contributed by atoms with Crippen molar-refractivity contribution in [1.82, 2.24) is 4.98 Å². The third kappa shape index (κ3) is 2.28. The molecule has 1 aliphatic carbocycles. The quantitative estimate of drug-likeness (QED) is 0.768. The smallest absolute Gasteiger partial charge is 0.0807 e. The molecule has 2 nitrogen and oxygen atoms in total. The minimum Gasteiger partial charge on any atom is -0.388 e. The monoisotopic (exact) mass is 177 g/mol. The molecule has 0 radical (unpaired) electrons. The Kier molecular flexibility index (Phi) is 2.32. The van der Waals surface area contributed by atoms with Gasteiger partial charge in [0, 0.05) is 11.9 Å². The van der Waals surface area contributed by atoms with Crippen molar-refractivity contribution in [3.63, 3.8) is 0 Å². The van der Waals surface area contributed by atoms with Gasteiger partial charge >= 0.3 is 0 Å². The van der Waals surface area contributed by atoms with Gasteiger partial charge in [-0.05, 0) is 30.9 Å². The van der Waals surface area contributed by atoms with E-state index in [0.29, 0.717) is 0 Å². The van der Waals surface area contributed by atoms with Crippen LogP contribution in [0.15, 0.2) is 18.3 Å². The molecule has 0 aliphatic heterocycles. The molecule has 70 valence electrons. The summed E-state index contributed by atoms with van der Waals surface area (Å²) in [7, 11) is 0. The van der Waals surface area contributed by atoms with Gasteiger partial charge in [-0.3, -0.25) is 4.98 Å². The predicted octanol–water partition coefficient (Wildman–Crippen LogP) is 2.22. The topological polar surface area (TPSA) is 33.1 Å². The van der Waals surface area contributed by atoms with Crippen molar-refractivity contribution in [3.05, 3.63) is 29.6 Å². The van der Waals surface area contributed by atoms with Gasteiger partial charge in [-0.1, -0.05) is 18.9 Å². The molecule has 2 rings (SSSR count). The molecule has 13 heavy (non-hydrogen) atoms. The maximum absolute atomic E-state index is 9.78. The van der Waals surface area contributed by atoms with Crippen LogP contribution in [0, 0.1) is 12.8 Å². The number of aromatic nitrogens is 1. The molecule has 2 heteroatoms. The molecule has 1 N–H and O–H groups in total. The SMILES string of the molecule is Cc1ccc(C(O)CC2CC2)cn1. The van der Waals surface area contributed by atoms with Crippen LogP contribution in [0.4, 0.5) is 0 Å². The van der Waals surface area contributed by atoms with Crippen molar-refractivity contribution >= 4 is 0 Å². The van der Waals surface area contributed by atoms with Crippen molar-refractivity contribution in [2.45, 2.75) is 32.3 Å². The normalized spacial score (nSPS) is 18.6. The fraction of sp³-hybridized carbons (Fsp3) is 0.545. The number of rotatable bonds is 3. The summed E-state index contributed by atoms with van der Waals surface area (Å²) >= 11 is 0. The predicted molar refractivity (Wildman–Crippen MR) is 51.3 cm³/mol. The van der Waals surface area contributed by atoms with Gasteiger partial charge in [-0.2, -0.15) is 0 Å². The average Bonchev–Trinajstić information content (AvgIpc) is 2.89. The molecule has 1 aliphatic rings. The van der Waals surface area contributed by atoms with E-state index in [0.717, 1.165) is 23.6 Å². The summed E-state index contributed by atoms with van der Waals surface area (Å²) in [5, 5.41) is 9.78. The van der Waals surface area contributed by atoms with Crippen molar-refractivity contribution in [2.24, 2.45) is 5.92 Å². The number of aryl methyl sites for hydroxylation is 1. The summed E-state index contributed by atoms with van der Waals surface area (Å²) in [5.41, 5.74) is 1.96. The highest BCUT2D eigenvalue weighted by Crippen LogP contribution is 2.37. The van der Waals surface area contributed by atoms with Crippen LogP contribution in [-0.2, 0) is 0 Å². The summed E-state index contributed by atoms with van der Waals surface area (Å²) in [6.07, 6.45) is 4.96. The molecule has 0 spiro atoms. The largest absolute Gasteiger partial charge is 0.388 e. The lowest BCUT2D eigenvalue weighted by Gasteiger charge is -2.09. The molecule has 0 aromatic carbocycles. The fourth-order valence-corrected chi connectivity index (χ4v) is 1.48. The second-order valence-corrected chi connectivity index (χ2v) is 3.93. The third-order valence-corrected chi connectivity index (χ3v) is 2.57. The van der Waals surface area contributed by atoms with E-state index in [2.05, 4.69) is 4.98 Å². The van der Waals surface area contributed by atoms with Gasteiger partial charge in [-0.25, -0.2) is 0 Å². The van der Waals surface area contributed by atoms with E-state index in [9.17, 15) is 5.11 Å². The van der Waals surface area contributed by atoms with E-state index >= 15 is 0 Å². The van der Waals surface area contributed by atoms with E-state index in [1.54, 1.807) is 6.20 Å². The number of aliphatic hydroxyl groups excluding tert-OH is 1. The van der Waals surface area contributed by atoms with Crippen LogP contribution in [-0.4, -0.2) is 10.1 Å². The first kappa shape index (κ1) is 8.70. The van der Waals surface area contributed by atoms with Gasteiger partial charge in [-0.15, -0.1) is 0 Å². The Labute approximate surface area is 78.6 Å². The highest BCUT2D eigenvalue weighted by atomic mass is 16.3. The molecule has 1 heterocycles. The summed E-state index contributed by atoms with van der Waals surface area (Å²) < 4.78 is 0. The Morgan fingerprint density at radius 3 is 2.85 bits per heavy atom. The first-order chi connectivity index (χ1) is 6.25. The Morgan fingerprint density at radius 2 is 2.31 bits per heavy atom. The van der Waals surface area contributed by atoms with Crippen LogP contribution >= 0.6 is 0 Å². The molecular formula is C11H15NO. The fourth-order valence-electron chi connectivity index (χ4n) is 1.48. The number of pyridine rings is 1. The minimum absolute atomic E-state index is 0.305. The Morgan fingerprint density at radius 1 is 1.54 bits per heavy atom. The van der Waals surface area contributed by atoms with Crippen molar-refractivity contribution < 1.29 is 5.11 Å². The molecule has 1 unspecified atom stereocenters. The lowest BCUT2D eigenvalue weighted by molar-refractivity contribution is 0.160. The van der Waals surface area contributed by atoms with E-state index in [-0.39, 0.29) is 6.10 Å². The Bertz CT molecular complexity index is 277. The minimum atomic E-state index is -0.305. The highest BCUT2D eigenvalue weighted by Gasteiger charge is 2.25. The van der Waals surface area contributed by atoms with Crippen LogP contribution in [0.2, 0.25) is 0 Å².